The molecule has 0 aromatic heterocycles. The fourth-order valence-electron chi connectivity index (χ4n) is 8.55. The highest BCUT2D eigenvalue weighted by atomic mass is 35.5. The van der Waals surface area contributed by atoms with Crippen LogP contribution in [0.3, 0.4) is 0 Å². The van der Waals surface area contributed by atoms with E-state index in [-0.39, 0.29) is 25.1 Å². The van der Waals surface area contributed by atoms with Crippen LogP contribution in [0.5, 0.6) is 0 Å². The van der Waals surface area contributed by atoms with Crippen LogP contribution in [-0.2, 0) is 0 Å². The molecule has 158 valence electrons. The summed E-state index contributed by atoms with van der Waals surface area (Å²) in [5.74, 6) is 4.06. The summed E-state index contributed by atoms with van der Waals surface area (Å²) in [6.07, 6.45) is 12.0. The number of hydrogen-bond acceptors (Lipinski definition) is 3. The van der Waals surface area contributed by atoms with Crippen molar-refractivity contribution in [3.63, 3.8) is 0 Å². The molecule has 4 saturated carbocycles. The van der Waals surface area contributed by atoms with E-state index in [2.05, 4.69) is 19.2 Å². The van der Waals surface area contributed by atoms with Gasteiger partial charge in [-0.2, -0.15) is 0 Å². The topological polar surface area (TPSA) is 52.5 Å². The van der Waals surface area contributed by atoms with Crippen molar-refractivity contribution >= 4 is 12.4 Å². The van der Waals surface area contributed by atoms with Crippen molar-refractivity contribution in [3.8, 4) is 0 Å². The first-order chi connectivity index (χ1) is 12.4. The van der Waals surface area contributed by atoms with Crippen molar-refractivity contribution in [2.45, 2.75) is 90.7 Å². The summed E-state index contributed by atoms with van der Waals surface area (Å²) >= 11 is 0. The largest absolute Gasteiger partial charge is 0.395 e. The summed E-state index contributed by atoms with van der Waals surface area (Å²) in [5.41, 5.74) is 0.920. The Bertz CT molecular complexity index is 515. The van der Waals surface area contributed by atoms with E-state index in [4.69, 9.17) is 5.11 Å². The Morgan fingerprint density at radius 1 is 0.963 bits per heavy atom. The molecule has 3 unspecified atom stereocenters. The average molecular weight is 400 g/mol. The molecule has 3 N–H and O–H groups in total. The summed E-state index contributed by atoms with van der Waals surface area (Å²) in [5, 5.41) is 23.1. The highest BCUT2D eigenvalue weighted by Crippen LogP contribution is 2.67. The first-order valence-electron chi connectivity index (χ1n) is 11.4. The van der Waals surface area contributed by atoms with E-state index in [1.165, 1.54) is 57.8 Å². The van der Waals surface area contributed by atoms with Gasteiger partial charge in [0, 0.05) is 12.6 Å². The lowest BCUT2D eigenvalue weighted by Crippen LogP contribution is -2.55. The fourth-order valence-corrected chi connectivity index (χ4v) is 8.55. The van der Waals surface area contributed by atoms with Crippen LogP contribution in [0.1, 0.15) is 78.6 Å². The summed E-state index contributed by atoms with van der Waals surface area (Å²) in [6.45, 7) is 8.18. The van der Waals surface area contributed by atoms with Crippen LogP contribution in [0.25, 0.3) is 0 Å². The second-order valence-corrected chi connectivity index (χ2v) is 10.8. The van der Waals surface area contributed by atoms with Crippen molar-refractivity contribution in [2.24, 2.45) is 40.4 Å². The maximum Gasteiger partial charge on any atom is 0.0556 e. The zero-order valence-electron chi connectivity index (χ0n) is 17.6. The Balaban J connectivity index is 0.00000210. The van der Waals surface area contributed by atoms with Gasteiger partial charge < -0.3 is 15.5 Å². The van der Waals surface area contributed by atoms with Gasteiger partial charge in [0.05, 0.1) is 12.7 Å². The molecule has 0 bridgehead atoms. The summed E-state index contributed by atoms with van der Waals surface area (Å²) in [6, 6.07) is 0.622. The van der Waals surface area contributed by atoms with Crippen LogP contribution in [0.2, 0.25) is 0 Å². The Hall–Kier alpha value is 0.170. The third-order valence-corrected chi connectivity index (χ3v) is 9.87. The van der Waals surface area contributed by atoms with E-state index in [1.807, 2.05) is 6.92 Å². The Labute approximate surface area is 172 Å². The van der Waals surface area contributed by atoms with Gasteiger partial charge in [-0.1, -0.05) is 13.8 Å². The molecule has 0 aromatic carbocycles. The van der Waals surface area contributed by atoms with E-state index >= 15 is 0 Å². The lowest BCUT2D eigenvalue weighted by Gasteiger charge is -2.61. The second kappa shape index (κ2) is 8.13. The monoisotopic (exact) mass is 399 g/mol. The molecule has 9 atom stereocenters. The van der Waals surface area contributed by atoms with E-state index < -0.39 is 0 Å². The van der Waals surface area contributed by atoms with E-state index in [1.54, 1.807) is 0 Å². The fraction of sp³-hybridized carbons (Fsp3) is 1.00. The lowest BCUT2D eigenvalue weighted by atomic mass is 9.44. The second-order valence-electron chi connectivity index (χ2n) is 10.8. The molecular formula is C23H42ClNO2. The molecule has 4 aliphatic carbocycles. The van der Waals surface area contributed by atoms with Crippen molar-refractivity contribution in [2.75, 3.05) is 13.2 Å². The van der Waals surface area contributed by atoms with Gasteiger partial charge in [0.1, 0.15) is 0 Å². The van der Waals surface area contributed by atoms with Crippen LogP contribution in [0.15, 0.2) is 0 Å². The number of hydrogen-bond donors (Lipinski definition) is 3. The molecule has 3 nitrogen and oxygen atoms in total. The zero-order chi connectivity index (χ0) is 18.5. The van der Waals surface area contributed by atoms with Gasteiger partial charge in [-0.15, -0.1) is 12.4 Å². The van der Waals surface area contributed by atoms with E-state index in [0.717, 1.165) is 30.2 Å². The standard InChI is InChI=1S/C23H41NO2.ClH/c1-15(26)19-6-7-20-18-5-4-16-14-17(24-12-13-25)8-10-22(16,2)21(18)9-11-23(19,20)3;/h15-21,24-26H,4-14H2,1-3H3;1H/t15?,16?,17?,18-,19+,20-,21-,22-,23+;/m0./s1. The van der Waals surface area contributed by atoms with Crippen LogP contribution >= 0.6 is 12.4 Å². The predicted molar refractivity (Wildman–Crippen MR) is 113 cm³/mol. The van der Waals surface area contributed by atoms with Gasteiger partial charge in [-0.3, -0.25) is 0 Å². The zero-order valence-corrected chi connectivity index (χ0v) is 18.4. The molecular weight excluding hydrogens is 358 g/mol. The number of aliphatic hydroxyl groups excluding tert-OH is 2. The molecule has 4 aliphatic rings. The molecule has 0 amide bonds. The van der Waals surface area contributed by atoms with Crippen molar-refractivity contribution in [1.82, 2.24) is 5.32 Å². The molecule has 0 aliphatic heterocycles. The molecule has 0 heterocycles. The van der Waals surface area contributed by atoms with Crippen LogP contribution in [0, 0.1) is 40.4 Å². The highest BCUT2D eigenvalue weighted by molar-refractivity contribution is 5.85. The van der Waals surface area contributed by atoms with E-state index in [0.29, 0.717) is 22.8 Å². The quantitative estimate of drug-likeness (QED) is 0.656. The molecule has 4 rings (SSSR count). The Morgan fingerprint density at radius 2 is 1.67 bits per heavy atom. The summed E-state index contributed by atoms with van der Waals surface area (Å²) < 4.78 is 0. The Kier molecular flexibility index (Phi) is 6.58. The third-order valence-electron chi connectivity index (χ3n) is 9.87. The number of aliphatic hydroxyl groups is 2. The smallest absolute Gasteiger partial charge is 0.0556 e. The van der Waals surface area contributed by atoms with Crippen LogP contribution < -0.4 is 5.32 Å². The van der Waals surface area contributed by atoms with Gasteiger partial charge >= 0.3 is 0 Å². The van der Waals surface area contributed by atoms with Gasteiger partial charge in [0.2, 0.25) is 0 Å². The minimum absolute atomic E-state index is 0. The minimum Gasteiger partial charge on any atom is -0.395 e. The molecule has 0 spiro atoms. The van der Waals surface area contributed by atoms with Crippen molar-refractivity contribution in [1.29, 1.82) is 0 Å². The van der Waals surface area contributed by atoms with Gasteiger partial charge in [-0.05, 0) is 105 Å². The molecule has 4 heteroatoms. The summed E-state index contributed by atoms with van der Waals surface area (Å²) in [4.78, 5) is 0. The maximum atomic E-state index is 10.4. The third kappa shape index (κ3) is 3.49. The number of fused-ring (bicyclic) bond motifs is 5. The van der Waals surface area contributed by atoms with Gasteiger partial charge in [-0.25, -0.2) is 0 Å². The van der Waals surface area contributed by atoms with E-state index in [9.17, 15) is 5.11 Å². The number of rotatable bonds is 4. The maximum absolute atomic E-state index is 10.4. The van der Waals surface area contributed by atoms with Gasteiger partial charge in [0.15, 0.2) is 0 Å². The van der Waals surface area contributed by atoms with Gasteiger partial charge in [0.25, 0.3) is 0 Å². The Morgan fingerprint density at radius 3 is 2.37 bits per heavy atom. The molecule has 0 saturated heterocycles. The molecule has 0 aromatic rings. The molecule has 4 fully saturated rings. The normalized spacial score (nSPS) is 50.1. The molecule has 0 radical (unpaired) electrons. The van der Waals surface area contributed by atoms with Crippen molar-refractivity contribution < 1.29 is 10.2 Å². The summed E-state index contributed by atoms with van der Waals surface area (Å²) in [7, 11) is 0. The van der Waals surface area contributed by atoms with Crippen LogP contribution in [0.4, 0.5) is 0 Å². The minimum atomic E-state index is -0.137. The predicted octanol–water partition coefficient (Wildman–Crippen LogP) is 4.40. The van der Waals surface area contributed by atoms with Crippen molar-refractivity contribution in [3.05, 3.63) is 0 Å². The molecule has 27 heavy (non-hydrogen) atoms. The number of halogens is 1. The average Bonchev–Trinajstić information content (AvgIpc) is 2.97. The first kappa shape index (κ1) is 21.9. The SMILES string of the molecule is CC(O)[C@H]1CC[C@H]2[C@@H]3CCC4CC(NCCO)CC[C@]4(C)[C@H]3CC[C@]12C.Cl. The lowest BCUT2D eigenvalue weighted by molar-refractivity contribution is -0.121. The van der Waals surface area contributed by atoms with Crippen LogP contribution in [-0.4, -0.2) is 35.5 Å². The number of nitrogens with one attached hydrogen (secondary N) is 1. The first-order valence-corrected chi connectivity index (χ1v) is 11.4. The highest BCUT2D eigenvalue weighted by Gasteiger charge is 2.60.